The van der Waals surface area contributed by atoms with Crippen molar-refractivity contribution in [2.45, 2.75) is 37.7 Å². The van der Waals surface area contributed by atoms with E-state index in [1.54, 1.807) is 36.4 Å². The van der Waals surface area contributed by atoms with E-state index in [4.69, 9.17) is 16.3 Å². The number of aromatic hydroxyl groups is 1. The molecule has 5 aromatic carbocycles. The second kappa shape index (κ2) is 13.9. The molecule has 1 saturated carbocycles. The number of benzene rings is 5. The third-order valence-corrected chi connectivity index (χ3v) is 12.8. The molecular formula is C48H38ClNO6. The minimum Gasteiger partial charge on any atom is -0.508 e. The number of carbonyl (C=O) groups is 4. The van der Waals surface area contributed by atoms with Gasteiger partial charge in [0.2, 0.25) is 11.8 Å². The number of hydrogen-bond donors (Lipinski definition) is 1. The average Bonchev–Trinajstić information content (AvgIpc) is 3.48. The Morgan fingerprint density at radius 1 is 0.804 bits per heavy atom. The van der Waals surface area contributed by atoms with Crippen LogP contribution in [0, 0.1) is 30.6 Å². The normalized spacial score (nSPS) is 25.5. The van der Waals surface area contributed by atoms with Gasteiger partial charge in [-0.3, -0.25) is 19.2 Å². The Morgan fingerprint density at radius 3 is 2.20 bits per heavy atom. The number of fused-ring (bicyclic) bond motifs is 4. The first-order valence-electron chi connectivity index (χ1n) is 18.9. The van der Waals surface area contributed by atoms with Crippen molar-refractivity contribution in [2.24, 2.45) is 23.7 Å². The summed E-state index contributed by atoms with van der Waals surface area (Å²) in [5, 5.41) is 12.5. The molecule has 1 N–H and O–H groups in total. The molecule has 6 unspecified atom stereocenters. The maximum Gasteiger partial charge on any atom is 0.238 e. The zero-order valence-corrected chi connectivity index (χ0v) is 31.4. The van der Waals surface area contributed by atoms with E-state index in [1.165, 1.54) is 11.0 Å². The van der Waals surface area contributed by atoms with Crippen LogP contribution in [0.2, 0.25) is 5.02 Å². The van der Waals surface area contributed by atoms with Crippen LogP contribution in [0.3, 0.4) is 0 Å². The van der Waals surface area contributed by atoms with Gasteiger partial charge in [-0.1, -0.05) is 126 Å². The van der Waals surface area contributed by atoms with Crippen LogP contribution in [0.4, 0.5) is 5.69 Å². The van der Waals surface area contributed by atoms with Crippen molar-refractivity contribution in [3.63, 3.8) is 0 Å². The van der Waals surface area contributed by atoms with Gasteiger partial charge in [0, 0.05) is 34.1 Å². The highest BCUT2D eigenvalue weighted by atomic mass is 35.5. The molecule has 9 rings (SSSR count). The summed E-state index contributed by atoms with van der Waals surface area (Å²) < 4.78 is 6.09. The molecule has 4 aliphatic rings. The molecule has 1 aliphatic heterocycles. The predicted molar refractivity (Wildman–Crippen MR) is 214 cm³/mol. The number of anilines is 1. The topological polar surface area (TPSA) is 101 Å². The number of imide groups is 1. The molecule has 1 heterocycles. The van der Waals surface area contributed by atoms with E-state index in [1.807, 2.05) is 104 Å². The number of halogens is 1. The van der Waals surface area contributed by atoms with Gasteiger partial charge in [0.25, 0.3) is 0 Å². The van der Waals surface area contributed by atoms with Crippen LogP contribution < -0.4 is 9.64 Å². The summed E-state index contributed by atoms with van der Waals surface area (Å²) in [4.78, 5) is 60.6. The highest BCUT2D eigenvalue weighted by Crippen LogP contribution is 2.64. The molecule has 5 aromatic rings. The predicted octanol–water partition coefficient (Wildman–Crippen LogP) is 8.96. The van der Waals surface area contributed by atoms with E-state index in [0.717, 1.165) is 16.7 Å². The number of rotatable bonds is 7. The number of hydrogen-bond acceptors (Lipinski definition) is 6. The molecule has 278 valence electrons. The van der Waals surface area contributed by atoms with Crippen LogP contribution in [0.15, 0.2) is 145 Å². The smallest absolute Gasteiger partial charge is 0.238 e. The minimum absolute atomic E-state index is 0.0962. The van der Waals surface area contributed by atoms with Crippen LogP contribution in [-0.4, -0.2) is 28.5 Å². The Morgan fingerprint density at radius 2 is 1.50 bits per heavy atom. The van der Waals surface area contributed by atoms with Crippen molar-refractivity contribution >= 4 is 46.2 Å². The van der Waals surface area contributed by atoms with E-state index in [0.29, 0.717) is 38.7 Å². The monoisotopic (exact) mass is 759 g/mol. The van der Waals surface area contributed by atoms with Gasteiger partial charge in [0.05, 0.1) is 22.9 Å². The highest BCUT2D eigenvalue weighted by molar-refractivity contribution is 6.33. The van der Waals surface area contributed by atoms with Crippen LogP contribution in [0.5, 0.6) is 11.5 Å². The van der Waals surface area contributed by atoms with Crippen LogP contribution in [0.25, 0.3) is 5.57 Å². The zero-order valence-electron chi connectivity index (χ0n) is 30.6. The first-order chi connectivity index (χ1) is 27.2. The number of amides is 2. The van der Waals surface area contributed by atoms with Gasteiger partial charge < -0.3 is 9.84 Å². The van der Waals surface area contributed by atoms with Gasteiger partial charge in [0.1, 0.15) is 18.1 Å². The van der Waals surface area contributed by atoms with Crippen molar-refractivity contribution in [3.05, 3.63) is 178 Å². The summed E-state index contributed by atoms with van der Waals surface area (Å²) in [5.41, 5.74) is 3.51. The largest absolute Gasteiger partial charge is 0.508 e. The quantitative estimate of drug-likeness (QED) is 0.131. The number of phenols is 1. The number of aryl methyl sites for hydroxylation is 1. The minimum atomic E-state index is -1.47. The summed E-state index contributed by atoms with van der Waals surface area (Å²) in [6.45, 7) is 2.14. The lowest BCUT2D eigenvalue weighted by atomic mass is 9.44. The second-order valence-corrected chi connectivity index (χ2v) is 15.6. The van der Waals surface area contributed by atoms with Crippen LogP contribution in [-0.2, 0) is 31.2 Å². The number of carbonyl (C=O) groups excluding carboxylic acids is 4. The van der Waals surface area contributed by atoms with Gasteiger partial charge in [0.15, 0.2) is 11.6 Å². The molecule has 2 fully saturated rings. The van der Waals surface area contributed by atoms with Crippen molar-refractivity contribution in [2.75, 3.05) is 4.90 Å². The standard InChI is InChI=1S/C48H38ClNO6/c1-28-17-18-32(23-40(28)49)50-46(54)36-22-21-34-38(43(36)47(50)55)25-39-45(53)37(30-13-7-3-8-14-30)26-42(52)48(39,31-15-9-4-10-16-31)44(34)35-20-19-33(24-41(35)51)56-27-29-11-5-2-6-12-29/h2-21,23-24,26,36,38-39,43-44,51H,22,25,27H2,1H3. The molecule has 0 radical (unpaired) electrons. The highest BCUT2D eigenvalue weighted by Gasteiger charge is 2.66. The number of ketones is 2. The SMILES string of the molecule is Cc1ccc(N2C(=O)C3CC=C4C(CC5C(=O)C(c6ccccc6)=CC(=O)C5(c5ccccc5)C4c4ccc(OCc5ccccc5)cc4O)C3C2=O)cc1Cl. The van der Waals surface area contributed by atoms with E-state index in [2.05, 4.69) is 0 Å². The Balaban J connectivity index is 1.22. The van der Waals surface area contributed by atoms with Gasteiger partial charge >= 0.3 is 0 Å². The lowest BCUT2D eigenvalue weighted by Crippen LogP contribution is -2.58. The molecule has 56 heavy (non-hydrogen) atoms. The number of phenolic OH excluding ortho intramolecular Hbond substituents is 1. The van der Waals surface area contributed by atoms with Gasteiger partial charge in [-0.15, -0.1) is 0 Å². The van der Waals surface area contributed by atoms with E-state index in [9.17, 15) is 14.7 Å². The fourth-order valence-corrected chi connectivity index (χ4v) is 9.97. The lowest BCUT2D eigenvalue weighted by molar-refractivity contribution is -0.135. The average molecular weight is 760 g/mol. The molecular weight excluding hydrogens is 722 g/mol. The number of allylic oxidation sites excluding steroid dienone is 4. The van der Waals surface area contributed by atoms with E-state index in [-0.39, 0.29) is 48.6 Å². The number of Topliss-reactive ketones (excluding diaryl/α,β-unsaturated/α-hetero) is 1. The summed E-state index contributed by atoms with van der Waals surface area (Å²) in [5.74, 6) is -4.62. The molecule has 0 spiro atoms. The van der Waals surface area contributed by atoms with E-state index < -0.39 is 35.0 Å². The van der Waals surface area contributed by atoms with Gasteiger partial charge in [-0.2, -0.15) is 0 Å². The lowest BCUT2D eigenvalue weighted by Gasteiger charge is -2.55. The number of ether oxygens (including phenoxy) is 1. The summed E-state index contributed by atoms with van der Waals surface area (Å²) in [6.07, 6.45) is 3.88. The van der Waals surface area contributed by atoms with Crippen molar-refractivity contribution in [1.29, 1.82) is 0 Å². The maximum absolute atomic E-state index is 15.3. The fraction of sp³-hybridized carbons (Fsp3) is 0.208. The second-order valence-electron chi connectivity index (χ2n) is 15.2. The Kier molecular flexibility index (Phi) is 8.85. The van der Waals surface area contributed by atoms with Crippen LogP contribution >= 0.6 is 11.6 Å². The third-order valence-electron chi connectivity index (χ3n) is 12.3. The van der Waals surface area contributed by atoms with Crippen LogP contribution in [0.1, 0.15) is 46.6 Å². The first kappa shape index (κ1) is 35.6. The Bertz CT molecular complexity index is 2480. The summed E-state index contributed by atoms with van der Waals surface area (Å²) in [6, 6.07) is 38.4. The third kappa shape index (κ3) is 5.55. The molecule has 6 atom stereocenters. The molecule has 1 saturated heterocycles. The van der Waals surface area contributed by atoms with Gasteiger partial charge in [-0.25, -0.2) is 4.90 Å². The summed E-state index contributed by atoms with van der Waals surface area (Å²) in [7, 11) is 0. The summed E-state index contributed by atoms with van der Waals surface area (Å²) >= 11 is 6.49. The molecule has 2 amide bonds. The molecule has 8 heteroatoms. The molecule has 0 aromatic heterocycles. The molecule has 3 aliphatic carbocycles. The Labute approximate surface area is 329 Å². The van der Waals surface area contributed by atoms with Crippen molar-refractivity contribution in [1.82, 2.24) is 0 Å². The first-order valence-corrected chi connectivity index (χ1v) is 19.3. The van der Waals surface area contributed by atoms with Gasteiger partial charge in [-0.05, 0) is 72.2 Å². The number of nitrogens with zero attached hydrogens (tertiary/aromatic N) is 1. The molecule has 7 nitrogen and oxygen atoms in total. The van der Waals surface area contributed by atoms with Crippen molar-refractivity contribution < 1.29 is 29.0 Å². The van der Waals surface area contributed by atoms with E-state index >= 15 is 9.59 Å². The van der Waals surface area contributed by atoms with Crippen molar-refractivity contribution in [3.8, 4) is 11.5 Å². The zero-order chi connectivity index (χ0) is 38.7. The molecule has 0 bridgehead atoms. The Hall–Kier alpha value is -6.05. The maximum atomic E-state index is 15.3. The fourth-order valence-electron chi connectivity index (χ4n) is 9.79.